The van der Waals surface area contributed by atoms with Gasteiger partial charge in [-0.1, -0.05) is 55.0 Å². The standard InChI is InChI=1S/C24H27ClF3N3O3Si.C15H11ClFN3O2/c1-35(2,3)9-8-34-15-30-11-17(16-4-5-19(26)18(25)10-16)22-20(30)6-7-29(23(22)33)12-21(32)31-13-24(27,28)14-31;16-10-5-8(1-2-11(10)17)9-6-19-12-3-4-20(7-13(18)21)15(22)14(9)12/h4-7,10-11H,8-9,12-15H2,1-3H3;1-6,19H,7H2,(H2,18,21). The Morgan fingerprint density at radius 1 is 0.842 bits per heavy atom. The molecule has 2 aromatic carbocycles. The number of nitrogens with one attached hydrogen (secondary N) is 1. The average Bonchev–Trinajstić information content (AvgIpc) is 3.73. The van der Waals surface area contributed by atoms with Gasteiger partial charge in [0.05, 0.1) is 44.9 Å². The summed E-state index contributed by atoms with van der Waals surface area (Å²) in [6.45, 7) is 5.70. The lowest BCUT2D eigenvalue weighted by Gasteiger charge is -2.38. The SMILES string of the molecule is C[Si](C)(C)CCOCn1cc(-c2ccc(F)c(Cl)c2)c2c(=O)n(CC(=O)N3CC(F)(F)C3)ccc21.NC(=O)Cn1ccc2[nH]cc(-c3ccc(F)c(Cl)c3)c2c1=O. The van der Waals surface area contributed by atoms with E-state index in [0.717, 1.165) is 10.9 Å². The van der Waals surface area contributed by atoms with Crippen LogP contribution < -0.4 is 16.9 Å². The third kappa shape index (κ3) is 9.36. The zero-order chi connectivity index (χ0) is 41.4. The molecule has 5 heterocycles. The number of rotatable bonds is 11. The third-order valence-corrected chi connectivity index (χ3v) is 11.6. The van der Waals surface area contributed by atoms with E-state index in [4.69, 9.17) is 33.7 Å². The quantitative estimate of drug-likeness (QED) is 0.0800. The van der Waals surface area contributed by atoms with Gasteiger partial charge in [0.15, 0.2) is 0 Å². The Kier molecular flexibility index (Phi) is 11.9. The number of nitrogens with zero attached hydrogens (tertiary/aromatic N) is 4. The van der Waals surface area contributed by atoms with E-state index in [1.54, 1.807) is 29.1 Å². The number of ether oxygens (including phenoxy) is 1. The smallest absolute Gasteiger partial charge is 0.282 e. The summed E-state index contributed by atoms with van der Waals surface area (Å²) >= 11 is 11.8. The van der Waals surface area contributed by atoms with E-state index in [9.17, 15) is 36.7 Å². The number of aromatic nitrogens is 4. The minimum Gasteiger partial charge on any atom is -0.368 e. The van der Waals surface area contributed by atoms with Gasteiger partial charge in [0.1, 0.15) is 31.5 Å². The monoisotopic (exact) mass is 844 g/mol. The van der Waals surface area contributed by atoms with Gasteiger partial charge in [-0.2, -0.15) is 0 Å². The van der Waals surface area contributed by atoms with Crippen molar-refractivity contribution in [1.29, 1.82) is 0 Å². The summed E-state index contributed by atoms with van der Waals surface area (Å²) in [5.74, 6) is -5.16. The first-order valence-corrected chi connectivity index (χ1v) is 22.1. The van der Waals surface area contributed by atoms with Crippen LogP contribution in [0.3, 0.4) is 0 Å². The van der Waals surface area contributed by atoms with Crippen molar-refractivity contribution in [1.82, 2.24) is 23.6 Å². The molecule has 1 aliphatic heterocycles. The fourth-order valence-electron chi connectivity index (χ4n) is 6.30. The fourth-order valence-corrected chi connectivity index (χ4v) is 7.42. The highest BCUT2D eigenvalue weighted by molar-refractivity contribution is 6.76. The number of aromatic amines is 1. The van der Waals surface area contributed by atoms with Gasteiger partial charge in [-0.3, -0.25) is 19.2 Å². The van der Waals surface area contributed by atoms with Crippen molar-refractivity contribution in [2.24, 2.45) is 5.73 Å². The number of amides is 2. The Bertz CT molecular complexity index is 2630. The summed E-state index contributed by atoms with van der Waals surface area (Å²) in [5.41, 5.74) is 7.75. The number of fused-ring (bicyclic) bond motifs is 2. The number of likely N-dealkylation sites (tertiary alicyclic amines) is 1. The van der Waals surface area contributed by atoms with Crippen LogP contribution in [0.5, 0.6) is 0 Å². The molecule has 0 unspecified atom stereocenters. The van der Waals surface area contributed by atoms with Crippen molar-refractivity contribution >= 4 is 64.9 Å². The molecule has 0 radical (unpaired) electrons. The maximum absolute atomic E-state index is 13.8. The summed E-state index contributed by atoms with van der Waals surface area (Å²) in [5, 5.41) is 0.595. The molecule has 1 aliphatic rings. The van der Waals surface area contributed by atoms with Gasteiger partial charge in [-0.15, -0.1) is 0 Å². The number of benzene rings is 2. The highest BCUT2D eigenvalue weighted by Crippen LogP contribution is 2.32. The first kappa shape index (κ1) is 41.5. The molecule has 7 rings (SSSR count). The second-order valence-electron chi connectivity index (χ2n) is 14.9. The fraction of sp³-hybridized carbons (Fsp3) is 0.282. The Hall–Kier alpha value is -5.16. The molecule has 4 aromatic heterocycles. The number of alkyl halides is 2. The highest BCUT2D eigenvalue weighted by atomic mass is 35.5. The lowest BCUT2D eigenvalue weighted by molar-refractivity contribution is -0.166. The Morgan fingerprint density at radius 3 is 2.00 bits per heavy atom. The van der Waals surface area contributed by atoms with Gasteiger partial charge < -0.3 is 34.1 Å². The first-order valence-electron chi connectivity index (χ1n) is 17.7. The lowest BCUT2D eigenvalue weighted by Crippen LogP contribution is -2.59. The number of pyridine rings is 2. The largest absolute Gasteiger partial charge is 0.368 e. The highest BCUT2D eigenvalue weighted by Gasteiger charge is 2.46. The van der Waals surface area contributed by atoms with Crippen LogP contribution >= 0.6 is 23.2 Å². The summed E-state index contributed by atoms with van der Waals surface area (Å²) in [6.07, 6.45) is 6.35. The van der Waals surface area contributed by atoms with Crippen molar-refractivity contribution in [2.45, 2.75) is 51.4 Å². The molecule has 3 N–H and O–H groups in total. The zero-order valence-electron chi connectivity index (χ0n) is 31.1. The van der Waals surface area contributed by atoms with Crippen LogP contribution in [-0.4, -0.2) is 69.1 Å². The summed E-state index contributed by atoms with van der Waals surface area (Å²) in [4.78, 5) is 53.4. The van der Waals surface area contributed by atoms with E-state index in [2.05, 4.69) is 24.6 Å². The molecule has 0 saturated carbocycles. The second-order valence-corrected chi connectivity index (χ2v) is 21.4. The van der Waals surface area contributed by atoms with Crippen molar-refractivity contribution < 1.29 is 31.9 Å². The predicted molar refractivity (Wildman–Crippen MR) is 214 cm³/mol. The number of carbonyl (C=O) groups excluding carboxylic acids is 2. The van der Waals surface area contributed by atoms with Gasteiger partial charge in [0.2, 0.25) is 11.8 Å². The van der Waals surface area contributed by atoms with E-state index in [0.29, 0.717) is 50.7 Å². The van der Waals surface area contributed by atoms with Crippen molar-refractivity contribution in [3.63, 3.8) is 0 Å². The number of hydrogen-bond donors (Lipinski definition) is 2. The van der Waals surface area contributed by atoms with Crippen LogP contribution in [0, 0.1) is 11.6 Å². The molecule has 1 fully saturated rings. The molecule has 0 atom stereocenters. The van der Waals surface area contributed by atoms with Crippen LogP contribution in [0.4, 0.5) is 17.6 Å². The number of halogens is 6. The molecule has 0 spiro atoms. The molecule has 57 heavy (non-hydrogen) atoms. The molecule has 0 bridgehead atoms. The number of carbonyl (C=O) groups is 2. The predicted octanol–water partition coefficient (Wildman–Crippen LogP) is 7.33. The Balaban J connectivity index is 0.000000214. The van der Waals surface area contributed by atoms with Gasteiger partial charge in [-0.25, -0.2) is 17.6 Å². The zero-order valence-corrected chi connectivity index (χ0v) is 33.6. The van der Waals surface area contributed by atoms with Gasteiger partial charge in [-0.05, 0) is 53.6 Å². The lowest BCUT2D eigenvalue weighted by atomic mass is 10.1. The second kappa shape index (κ2) is 16.4. The maximum atomic E-state index is 13.8. The van der Waals surface area contributed by atoms with E-state index < -0.39 is 56.1 Å². The molecule has 0 aliphatic carbocycles. The van der Waals surface area contributed by atoms with Gasteiger partial charge >= 0.3 is 0 Å². The van der Waals surface area contributed by atoms with E-state index in [1.807, 2.05) is 0 Å². The molecule has 18 heteroatoms. The maximum Gasteiger partial charge on any atom is 0.282 e. The number of H-pyrrole nitrogens is 1. The van der Waals surface area contributed by atoms with Crippen LogP contribution in [-0.2, 0) is 34.1 Å². The number of hydrogen-bond acceptors (Lipinski definition) is 5. The number of primary amides is 1. The Labute approximate surface area is 334 Å². The van der Waals surface area contributed by atoms with Crippen molar-refractivity contribution in [3.8, 4) is 22.3 Å². The van der Waals surface area contributed by atoms with Crippen LogP contribution in [0.25, 0.3) is 44.1 Å². The normalized spacial score (nSPS) is 13.7. The molecule has 6 aromatic rings. The average molecular weight is 846 g/mol. The summed E-state index contributed by atoms with van der Waals surface area (Å²) < 4.78 is 63.5. The van der Waals surface area contributed by atoms with Crippen LogP contribution in [0.1, 0.15) is 0 Å². The van der Waals surface area contributed by atoms with Gasteiger partial charge in [0.25, 0.3) is 17.0 Å². The first-order chi connectivity index (χ1) is 26.8. The van der Waals surface area contributed by atoms with E-state index in [-0.39, 0.29) is 35.4 Å². The van der Waals surface area contributed by atoms with Crippen LogP contribution in [0.15, 0.2) is 82.9 Å². The molecule has 1 saturated heterocycles. The molecular formula is C39H38Cl2F4N6O5Si. The number of nitrogens with two attached hydrogens (primary N) is 1. The molecule has 300 valence electrons. The Morgan fingerprint density at radius 2 is 1.42 bits per heavy atom. The van der Waals surface area contributed by atoms with E-state index >= 15 is 0 Å². The van der Waals surface area contributed by atoms with Crippen molar-refractivity contribution in [2.75, 3.05) is 19.7 Å². The van der Waals surface area contributed by atoms with Crippen molar-refractivity contribution in [3.05, 3.63) is 116 Å². The van der Waals surface area contributed by atoms with Crippen LogP contribution in [0.2, 0.25) is 35.7 Å². The minimum absolute atomic E-state index is 0.0276. The molecule has 11 nitrogen and oxygen atoms in total. The minimum atomic E-state index is -2.88. The molecule has 2 amide bonds. The van der Waals surface area contributed by atoms with E-state index in [1.165, 1.54) is 57.9 Å². The third-order valence-electron chi connectivity index (χ3n) is 9.33. The van der Waals surface area contributed by atoms with Gasteiger partial charge in [0, 0.05) is 50.6 Å². The topological polar surface area (TPSA) is 137 Å². The summed E-state index contributed by atoms with van der Waals surface area (Å²) in [6, 6.07) is 12.8. The summed E-state index contributed by atoms with van der Waals surface area (Å²) in [7, 11) is -1.28. The molecular weight excluding hydrogens is 807 g/mol.